The maximum atomic E-state index is 12.6. The number of hydrogen-bond donors (Lipinski definition) is 2. The summed E-state index contributed by atoms with van der Waals surface area (Å²) in [5, 5.41) is 8.48. The fraction of sp³-hybridized carbons (Fsp3) is 0.250. The van der Waals surface area contributed by atoms with Gasteiger partial charge in [0.1, 0.15) is 11.6 Å². The molecule has 66 valence electrons. The van der Waals surface area contributed by atoms with E-state index in [0.717, 1.165) is 18.2 Å². The van der Waals surface area contributed by atoms with Gasteiger partial charge in [0.15, 0.2) is 0 Å². The Balaban J connectivity index is 3.00. The fourth-order valence-corrected chi connectivity index (χ4v) is 0.900. The molecule has 0 aliphatic carbocycles. The van der Waals surface area contributed by atoms with Crippen LogP contribution in [0.1, 0.15) is 18.5 Å². The number of hydroxylamine groups is 1. The molecule has 0 saturated heterocycles. The van der Waals surface area contributed by atoms with Gasteiger partial charge >= 0.3 is 0 Å². The second-order valence-electron chi connectivity index (χ2n) is 2.55. The Hall–Kier alpha value is -1.00. The Morgan fingerprint density at radius 3 is 2.17 bits per heavy atom. The van der Waals surface area contributed by atoms with Gasteiger partial charge in [0.05, 0.1) is 6.04 Å². The number of benzene rings is 1. The smallest absolute Gasteiger partial charge is 0.126 e. The molecule has 1 rings (SSSR count). The van der Waals surface area contributed by atoms with Crippen molar-refractivity contribution < 1.29 is 14.0 Å². The number of rotatable bonds is 2. The Morgan fingerprint density at radius 2 is 1.75 bits per heavy atom. The van der Waals surface area contributed by atoms with Crippen molar-refractivity contribution in [3.8, 4) is 0 Å². The average molecular weight is 173 g/mol. The molecule has 4 heteroatoms. The summed E-state index contributed by atoms with van der Waals surface area (Å²) in [6, 6.07) is 2.64. The lowest BCUT2D eigenvalue weighted by atomic mass is 10.1. The molecule has 0 saturated carbocycles. The molecule has 0 aromatic heterocycles. The van der Waals surface area contributed by atoms with Crippen molar-refractivity contribution in [3.05, 3.63) is 35.4 Å². The number of hydrogen-bond acceptors (Lipinski definition) is 2. The third-order valence-electron chi connectivity index (χ3n) is 1.58. The van der Waals surface area contributed by atoms with Gasteiger partial charge in [0.2, 0.25) is 0 Å². The molecule has 1 unspecified atom stereocenters. The van der Waals surface area contributed by atoms with Crippen molar-refractivity contribution in [2.75, 3.05) is 0 Å². The molecule has 2 N–H and O–H groups in total. The molecule has 0 spiro atoms. The summed E-state index contributed by atoms with van der Waals surface area (Å²) in [7, 11) is 0. The van der Waals surface area contributed by atoms with Gasteiger partial charge < -0.3 is 5.21 Å². The molecule has 1 aromatic rings. The van der Waals surface area contributed by atoms with Crippen LogP contribution in [0.25, 0.3) is 0 Å². The molecule has 12 heavy (non-hydrogen) atoms. The first-order chi connectivity index (χ1) is 5.63. The summed E-state index contributed by atoms with van der Waals surface area (Å²) in [6.45, 7) is 1.59. The van der Waals surface area contributed by atoms with E-state index < -0.39 is 17.7 Å². The van der Waals surface area contributed by atoms with Crippen molar-refractivity contribution in [1.82, 2.24) is 5.48 Å². The van der Waals surface area contributed by atoms with Crippen molar-refractivity contribution >= 4 is 0 Å². The summed E-state index contributed by atoms with van der Waals surface area (Å²) >= 11 is 0. The lowest BCUT2D eigenvalue weighted by molar-refractivity contribution is 0.133. The maximum Gasteiger partial charge on any atom is 0.126 e. The van der Waals surface area contributed by atoms with Crippen LogP contribution in [0.2, 0.25) is 0 Å². The Morgan fingerprint density at radius 1 is 1.25 bits per heavy atom. The molecule has 0 heterocycles. The lowest BCUT2D eigenvalue weighted by Crippen LogP contribution is -2.13. The van der Waals surface area contributed by atoms with E-state index in [0.29, 0.717) is 5.56 Å². The largest absolute Gasteiger partial charge is 0.316 e. The van der Waals surface area contributed by atoms with E-state index >= 15 is 0 Å². The van der Waals surface area contributed by atoms with Crippen LogP contribution in [-0.4, -0.2) is 5.21 Å². The molecule has 0 bridgehead atoms. The second kappa shape index (κ2) is 3.60. The number of halogens is 2. The van der Waals surface area contributed by atoms with Gasteiger partial charge in [-0.15, -0.1) is 0 Å². The lowest BCUT2D eigenvalue weighted by Gasteiger charge is -2.08. The van der Waals surface area contributed by atoms with Gasteiger partial charge in [0, 0.05) is 6.07 Å². The second-order valence-corrected chi connectivity index (χ2v) is 2.55. The van der Waals surface area contributed by atoms with Crippen molar-refractivity contribution in [2.24, 2.45) is 0 Å². The molecule has 2 nitrogen and oxygen atoms in total. The van der Waals surface area contributed by atoms with Crippen LogP contribution in [0.15, 0.2) is 18.2 Å². The quantitative estimate of drug-likeness (QED) is 0.670. The normalized spacial score (nSPS) is 13.0. The van der Waals surface area contributed by atoms with Crippen LogP contribution in [0.3, 0.4) is 0 Å². The van der Waals surface area contributed by atoms with Crippen LogP contribution in [0.4, 0.5) is 8.78 Å². The van der Waals surface area contributed by atoms with Crippen LogP contribution in [0, 0.1) is 11.6 Å². The summed E-state index contributed by atoms with van der Waals surface area (Å²) in [5.74, 6) is -1.29. The minimum absolute atomic E-state index is 0.370. The predicted molar refractivity (Wildman–Crippen MR) is 39.7 cm³/mol. The Kier molecular flexibility index (Phi) is 2.73. The van der Waals surface area contributed by atoms with E-state index in [1.54, 1.807) is 6.92 Å². The highest BCUT2D eigenvalue weighted by Crippen LogP contribution is 2.14. The van der Waals surface area contributed by atoms with E-state index in [2.05, 4.69) is 0 Å². The molecule has 1 atom stereocenters. The van der Waals surface area contributed by atoms with E-state index in [9.17, 15) is 8.78 Å². The maximum absolute atomic E-state index is 12.6. The van der Waals surface area contributed by atoms with Crippen molar-refractivity contribution in [3.63, 3.8) is 0 Å². The highest BCUT2D eigenvalue weighted by atomic mass is 19.1. The van der Waals surface area contributed by atoms with Gasteiger partial charge in [-0.1, -0.05) is 0 Å². The molecule has 1 aromatic carbocycles. The molecular formula is C8H9F2NO. The summed E-state index contributed by atoms with van der Waals surface area (Å²) in [6.07, 6.45) is 0. The highest BCUT2D eigenvalue weighted by molar-refractivity contribution is 5.20. The van der Waals surface area contributed by atoms with Gasteiger partial charge in [0.25, 0.3) is 0 Å². The zero-order valence-corrected chi connectivity index (χ0v) is 6.51. The van der Waals surface area contributed by atoms with Crippen LogP contribution >= 0.6 is 0 Å². The van der Waals surface area contributed by atoms with Crippen LogP contribution < -0.4 is 5.48 Å². The standard InChI is InChI=1S/C8H9F2NO/c1-5(11-12)6-2-7(9)4-8(10)3-6/h2-5,11-12H,1H3. The zero-order chi connectivity index (χ0) is 9.14. The van der Waals surface area contributed by atoms with E-state index in [1.165, 1.54) is 0 Å². The van der Waals surface area contributed by atoms with Gasteiger partial charge in [-0.3, -0.25) is 0 Å². The minimum Gasteiger partial charge on any atom is -0.316 e. The predicted octanol–water partition coefficient (Wildman–Crippen LogP) is 2.00. The third kappa shape index (κ3) is 1.99. The van der Waals surface area contributed by atoms with Crippen LogP contribution in [-0.2, 0) is 0 Å². The molecular weight excluding hydrogens is 164 g/mol. The van der Waals surface area contributed by atoms with Crippen molar-refractivity contribution in [1.29, 1.82) is 0 Å². The van der Waals surface area contributed by atoms with Crippen LogP contribution in [0.5, 0.6) is 0 Å². The molecule has 0 aliphatic rings. The monoisotopic (exact) mass is 173 g/mol. The summed E-state index contributed by atoms with van der Waals surface area (Å²) in [5.41, 5.74) is 2.27. The Bertz CT molecular complexity index is 258. The Labute approximate surface area is 68.8 Å². The fourth-order valence-electron chi connectivity index (χ4n) is 0.900. The van der Waals surface area contributed by atoms with E-state index in [4.69, 9.17) is 5.21 Å². The minimum atomic E-state index is -0.646. The topological polar surface area (TPSA) is 32.3 Å². The summed E-state index contributed by atoms with van der Waals surface area (Å²) < 4.78 is 25.2. The summed E-state index contributed by atoms with van der Waals surface area (Å²) in [4.78, 5) is 0. The molecule has 0 amide bonds. The van der Waals surface area contributed by atoms with Gasteiger partial charge in [-0.05, 0) is 24.6 Å². The van der Waals surface area contributed by atoms with Gasteiger partial charge in [-0.2, -0.15) is 5.48 Å². The van der Waals surface area contributed by atoms with Crippen molar-refractivity contribution in [2.45, 2.75) is 13.0 Å². The highest BCUT2D eigenvalue weighted by Gasteiger charge is 2.06. The first-order valence-electron chi connectivity index (χ1n) is 3.49. The molecule has 0 aliphatic heterocycles. The molecule has 0 radical (unpaired) electrons. The average Bonchev–Trinajstić information content (AvgIpc) is 2.01. The SMILES string of the molecule is CC(NO)c1cc(F)cc(F)c1. The zero-order valence-electron chi connectivity index (χ0n) is 6.51. The first-order valence-corrected chi connectivity index (χ1v) is 3.49. The van der Waals surface area contributed by atoms with E-state index in [-0.39, 0.29) is 0 Å². The third-order valence-corrected chi connectivity index (χ3v) is 1.58. The number of nitrogens with one attached hydrogen (secondary N) is 1. The molecule has 0 fully saturated rings. The van der Waals surface area contributed by atoms with E-state index in [1.807, 2.05) is 5.48 Å². The van der Waals surface area contributed by atoms with Gasteiger partial charge in [-0.25, -0.2) is 8.78 Å². The first kappa shape index (κ1) is 9.09.